The Bertz CT molecular complexity index is 113. The van der Waals surface area contributed by atoms with E-state index >= 15 is 0 Å². The zero-order valence-electron chi connectivity index (χ0n) is 5.51. The molecule has 2 bridgehead atoms. The Kier molecular flexibility index (Phi) is 1.24. The lowest BCUT2D eigenvalue weighted by atomic mass is 10.0. The largest absolute Gasteiger partial charge is 0.393 e. The van der Waals surface area contributed by atoms with Gasteiger partial charge in [-0.3, -0.25) is 0 Å². The van der Waals surface area contributed by atoms with Crippen LogP contribution < -0.4 is 5.32 Å². The van der Waals surface area contributed by atoms with Gasteiger partial charge < -0.3 is 10.4 Å². The van der Waals surface area contributed by atoms with Crippen molar-refractivity contribution in [3.8, 4) is 0 Å². The van der Waals surface area contributed by atoms with E-state index in [4.69, 9.17) is 0 Å². The Labute approximate surface area is 55.3 Å². The van der Waals surface area contributed by atoms with Gasteiger partial charge in [0.2, 0.25) is 0 Å². The first-order chi connectivity index (χ1) is 4.36. The highest BCUT2D eigenvalue weighted by atomic mass is 16.3. The highest BCUT2D eigenvalue weighted by molar-refractivity contribution is 4.89. The van der Waals surface area contributed by atoms with E-state index in [2.05, 4.69) is 5.32 Å². The van der Waals surface area contributed by atoms with Crippen LogP contribution in [0.2, 0.25) is 0 Å². The average Bonchev–Trinajstić information content (AvgIpc) is 2.09. The first-order valence-electron chi connectivity index (χ1n) is 3.75. The molecule has 9 heavy (non-hydrogen) atoms. The van der Waals surface area contributed by atoms with Gasteiger partial charge in [-0.05, 0) is 31.2 Å². The van der Waals surface area contributed by atoms with E-state index in [0.717, 1.165) is 25.4 Å². The monoisotopic (exact) mass is 127 g/mol. The van der Waals surface area contributed by atoms with Gasteiger partial charge in [-0.2, -0.15) is 0 Å². The Morgan fingerprint density at radius 1 is 1.22 bits per heavy atom. The highest BCUT2D eigenvalue weighted by Crippen LogP contribution is 2.32. The number of aliphatic hydroxyl groups excluding tert-OH is 1. The van der Waals surface area contributed by atoms with Crippen molar-refractivity contribution in [1.29, 1.82) is 0 Å². The molecule has 1 aliphatic carbocycles. The molecule has 1 heterocycles. The second kappa shape index (κ2) is 1.96. The molecular formula is C7H13NO. The van der Waals surface area contributed by atoms with Gasteiger partial charge in [0.05, 0.1) is 6.10 Å². The zero-order chi connectivity index (χ0) is 6.27. The number of nitrogens with one attached hydrogen (secondary N) is 1. The minimum absolute atomic E-state index is 0.00463. The fraction of sp³-hybridized carbons (Fsp3) is 1.00. The zero-order valence-corrected chi connectivity index (χ0v) is 5.51. The molecular weight excluding hydrogens is 114 g/mol. The molecule has 0 amide bonds. The molecule has 2 fully saturated rings. The molecule has 1 saturated carbocycles. The summed E-state index contributed by atoms with van der Waals surface area (Å²) in [6, 6.07) is 0. The fourth-order valence-corrected chi connectivity index (χ4v) is 2.07. The van der Waals surface area contributed by atoms with E-state index in [-0.39, 0.29) is 6.10 Å². The SMILES string of the molecule is O[C@@H]1C[C@@H]2CNC[C@@H]1C2. The predicted octanol–water partition coefficient (Wildman–Crippen LogP) is -0.0233. The highest BCUT2D eigenvalue weighted by Gasteiger charge is 2.35. The van der Waals surface area contributed by atoms with Gasteiger partial charge >= 0.3 is 0 Å². The molecule has 2 heteroatoms. The van der Waals surface area contributed by atoms with Crippen molar-refractivity contribution in [2.45, 2.75) is 18.9 Å². The van der Waals surface area contributed by atoms with Gasteiger partial charge in [-0.15, -0.1) is 0 Å². The maximum absolute atomic E-state index is 9.36. The van der Waals surface area contributed by atoms with Gasteiger partial charge in [0.1, 0.15) is 0 Å². The lowest BCUT2D eigenvalue weighted by Crippen LogP contribution is -2.32. The standard InChI is InChI=1S/C7H13NO/c9-7-2-5-1-6(7)4-8-3-5/h5-9H,1-4H2/t5-,6+,7-/m1/s1. The van der Waals surface area contributed by atoms with Crippen LogP contribution in [0.4, 0.5) is 0 Å². The van der Waals surface area contributed by atoms with Crippen LogP contribution in [0.15, 0.2) is 0 Å². The Hall–Kier alpha value is -0.0800. The smallest absolute Gasteiger partial charge is 0.0583 e. The molecule has 0 aromatic rings. The molecule has 2 rings (SSSR count). The van der Waals surface area contributed by atoms with Crippen molar-refractivity contribution >= 4 is 0 Å². The third-order valence-corrected chi connectivity index (χ3v) is 2.59. The number of fused-ring (bicyclic) bond motifs is 2. The number of rotatable bonds is 0. The third-order valence-electron chi connectivity index (χ3n) is 2.59. The quantitative estimate of drug-likeness (QED) is 0.479. The van der Waals surface area contributed by atoms with Gasteiger partial charge in [-0.1, -0.05) is 0 Å². The summed E-state index contributed by atoms with van der Waals surface area (Å²) in [7, 11) is 0. The van der Waals surface area contributed by atoms with Gasteiger partial charge in [-0.25, -0.2) is 0 Å². The van der Waals surface area contributed by atoms with Crippen LogP contribution in [0.25, 0.3) is 0 Å². The predicted molar refractivity (Wildman–Crippen MR) is 35.1 cm³/mol. The maximum Gasteiger partial charge on any atom is 0.0583 e. The third kappa shape index (κ3) is 0.864. The van der Waals surface area contributed by atoms with Crippen molar-refractivity contribution in [3.05, 3.63) is 0 Å². The molecule has 1 aliphatic heterocycles. The van der Waals surface area contributed by atoms with E-state index in [0.29, 0.717) is 5.92 Å². The first kappa shape index (κ1) is 5.69. The number of piperidine rings is 1. The fourth-order valence-electron chi connectivity index (χ4n) is 2.07. The summed E-state index contributed by atoms with van der Waals surface area (Å²) < 4.78 is 0. The second-order valence-corrected chi connectivity index (χ2v) is 3.32. The lowest BCUT2D eigenvalue weighted by Gasteiger charge is -2.19. The number of hydrogen-bond acceptors (Lipinski definition) is 2. The molecule has 2 aliphatic rings. The summed E-state index contributed by atoms with van der Waals surface area (Å²) in [5.74, 6) is 1.35. The Morgan fingerprint density at radius 2 is 2.11 bits per heavy atom. The van der Waals surface area contributed by atoms with E-state index < -0.39 is 0 Å². The molecule has 0 aromatic carbocycles. The summed E-state index contributed by atoms with van der Waals surface area (Å²) in [5, 5.41) is 12.7. The Balaban J connectivity index is 2.07. The Morgan fingerprint density at radius 3 is 2.78 bits per heavy atom. The molecule has 0 spiro atoms. The van der Waals surface area contributed by atoms with Gasteiger partial charge in [0.15, 0.2) is 0 Å². The van der Waals surface area contributed by atoms with Crippen LogP contribution in [0.5, 0.6) is 0 Å². The van der Waals surface area contributed by atoms with Gasteiger partial charge in [0.25, 0.3) is 0 Å². The van der Waals surface area contributed by atoms with Crippen LogP contribution in [0.3, 0.4) is 0 Å². The summed E-state index contributed by atoms with van der Waals surface area (Å²) in [4.78, 5) is 0. The average molecular weight is 127 g/mol. The van der Waals surface area contributed by atoms with Crippen molar-refractivity contribution in [1.82, 2.24) is 5.32 Å². The van der Waals surface area contributed by atoms with E-state index in [1.165, 1.54) is 6.42 Å². The minimum atomic E-state index is 0.00463. The van der Waals surface area contributed by atoms with Crippen LogP contribution in [-0.4, -0.2) is 24.3 Å². The van der Waals surface area contributed by atoms with Crippen LogP contribution >= 0.6 is 0 Å². The summed E-state index contributed by atoms with van der Waals surface area (Å²) in [5.41, 5.74) is 0. The molecule has 3 atom stereocenters. The minimum Gasteiger partial charge on any atom is -0.393 e. The van der Waals surface area contributed by atoms with Crippen LogP contribution in [-0.2, 0) is 0 Å². The van der Waals surface area contributed by atoms with Gasteiger partial charge in [0, 0.05) is 6.54 Å². The van der Waals surface area contributed by atoms with E-state index in [1.807, 2.05) is 0 Å². The molecule has 0 radical (unpaired) electrons. The van der Waals surface area contributed by atoms with Crippen LogP contribution in [0.1, 0.15) is 12.8 Å². The van der Waals surface area contributed by atoms with Crippen molar-refractivity contribution in [3.63, 3.8) is 0 Å². The molecule has 2 nitrogen and oxygen atoms in total. The molecule has 0 unspecified atom stereocenters. The van der Waals surface area contributed by atoms with Crippen LogP contribution in [0, 0.1) is 11.8 Å². The molecule has 52 valence electrons. The topological polar surface area (TPSA) is 32.3 Å². The molecule has 2 N–H and O–H groups in total. The molecule has 1 saturated heterocycles. The summed E-state index contributed by atoms with van der Waals surface area (Å²) >= 11 is 0. The first-order valence-corrected chi connectivity index (χ1v) is 3.75. The summed E-state index contributed by atoms with van der Waals surface area (Å²) in [6.07, 6.45) is 2.30. The summed E-state index contributed by atoms with van der Waals surface area (Å²) in [6.45, 7) is 2.17. The number of hydrogen-bond donors (Lipinski definition) is 2. The molecule has 0 aromatic heterocycles. The maximum atomic E-state index is 9.36. The lowest BCUT2D eigenvalue weighted by molar-refractivity contribution is 0.135. The van der Waals surface area contributed by atoms with Crippen molar-refractivity contribution in [2.75, 3.05) is 13.1 Å². The van der Waals surface area contributed by atoms with Crippen molar-refractivity contribution < 1.29 is 5.11 Å². The second-order valence-electron chi connectivity index (χ2n) is 3.32. The normalized spacial score (nSPS) is 49.7. The number of aliphatic hydroxyl groups is 1. The van der Waals surface area contributed by atoms with Crippen molar-refractivity contribution in [2.24, 2.45) is 11.8 Å². The van der Waals surface area contributed by atoms with E-state index in [1.54, 1.807) is 0 Å². The van der Waals surface area contributed by atoms with E-state index in [9.17, 15) is 5.11 Å².